The van der Waals surface area contributed by atoms with Crippen molar-refractivity contribution in [3.05, 3.63) is 89.5 Å². The van der Waals surface area contributed by atoms with Crippen LogP contribution in [-0.4, -0.2) is 47.4 Å². The minimum absolute atomic E-state index is 0.0373. The second-order valence-electron chi connectivity index (χ2n) is 8.00. The molecule has 0 spiro atoms. The predicted molar refractivity (Wildman–Crippen MR) is 126 cm³/mol. The van der Waals surface area contributed by atoms with Gasteiger partial charge in [-0.1, -0.05) is 54.6 Å². The number of hydrogen-bond donors (Lipinski definition) is 4. The van der Waals surface area contributed by atoms with Gasteiger partial charge in [0.15, 0.2) is 0 Å². The van der Waals surface area contributed by atoms with Gasteiger partial charge in [-0.25, -0.2) is 9.59 Å². The smallest absolute Gasteiger partial charge is 0.407 e. The van der Waals surface area contributed by atoms with Crippen molar-refractivity contribution < 1.29 is 29.3 Å². The van der Waals surface area contributed by atoms with Crippen LogP contribution in [0, 0.1) is 0 Å². The number of carbonyl (C=O) groups is 3. The van der Waals surface area contributed by atoms with Crippen molar-refractivity contribution in [1.29, 1.82) is 0 Å². The summed E-state index contributed by atoms with van der Waals surface area (Å²) < 4.78 is 5.41. The zero-order valence-electron chi connectivity index (χ0n) is 18.2. The molecule has 0 heterocycles. The highest BCUT2D eigenvalue weighted by atomic mass is 16.5. The zero-order chi connectivity index (χ0) is 24.1. The van der Waals surface area contributed by atoms with Crippen LogP contribution in [0.3, 0.4) is 0 Å². The van der Waals surface area contributed by atoms with Gasteiger partial charge in [-0.15, -0.1) is 0 Å². The van der Waals surface area contributed by atoms with Gasteiger partial charge < -0.3 is 25.6 Å². The maximum absolute atomic E-state index is 12.2. The van der Waals surface area contributed by atoms with E-state index in [1.807, 2.05) is 48.5 Å². The largest absolute Gasteiger partial charge is 0.478 e. The molecule has 0 radical (unpaired) electrons. The molecule has 3 aromatic rings. The number of carboxylic acid groups (broad SMARTS) is 1. The van der Waals surface area contributed by atoms with E-state index in [2.05, 4.69) is 10.6 Å². The van der Waals surface area contributed by atoms with E-state index in [0.717, 1.165) is 22.3 Å². The quantitative estimate of drug-likeness (QED) is 0.407. The predicted octanol–water partition coefficient (Wildman–Crippen LogP) is 3.61. The van der Waals surface area contributed by atoms with E-state index in [1.54, 1.807) is 6.07 Å². The Labute approximate surface area is 196 Å². The molecule has 2 amide bonds. The molecule has 0 aliphatic heterocycles. The molecule has 3 aromatic carbocycles. The minimum atomic E-state index is -1.14. The van der Waals surface area contributed by atoms with Gasteiger partial charge in [0, 0.05) is 18.2 Å². The molecule has 0 bridgehead atoms. The van der Waals surface area contributed by atoms with Gasteiger partial charge in [0.2, 0.25) is 5.91 Å². The molecule has 1 unspecified atom stereocenters. The van der Waals surface area contributed by atoms with Crippen LogP contribution in [-0.2, 0) is 9.53 Å². The summed E-state index contributed by atoms with van der Waals surface area (Å²) in [5.41, 5.74) is 4.79. The fraction of sp³-hybridized carbons (Fsp3) is 0.192. The van der Waals surface area contributed by atoms with Crippen molar-refractivity contribution in [3.63, 3.8) is 0 Å². The lowest BCUT2D eigenvalue weighted by molar-refractivity contribution is -0.118. The van der Waals surface area contributed by atoms with Crippen LogP contribution < -0.4 is 10.6 Å². The normalized spacial score (nSPS) is 12.9. The first-order valence-corrected chi connectivity index (χ1v) is 10.8. The Morgan fingerprint density at radius 3 is 2.21 bits per heavy atom. The van der Waals surface area contributed by atoms with Crippen LogP contribution in [0.1, 0.15) is 33.8 Å². The molecule has 1 atom stereocenters. The number of rotatable bonds is 8. The molecule has 34 heavy (non-hydrogen) atoms. The molecular formula is C26H24N2O6. The monoisotopic (exact) mass is 460 g/mol. The van der Waals surface area contributed by atoms with Crippen LogP contribution in [0.4, 0.5) is 10.5 Å². The minimum Gasteiger partial charge on any atom is -0.478 e. The number of aliphatic hydroxyl groups excluding tert-OH is 1. The molecule has 8 nitrogen and oxygen atoms in total. The summed E-state index contributed by atoms with van der Waals surface area (Å²) in [5, 5.41) is 24.1. The first kappa shape index (κ1) is 23.0. The van der Waals surface area contributed by atoms with Crippen LogP contribution in [0.15, 0.2) is 72.8 Å². The Bertz CT molecular complexity index is 1180. The highest BCUT2D eigenvalue weighted by Gasteiger charge is 2.29. The number of nitrogens with one attached hydrogen (secondary N) is 2. The number of amides is 2. The first-order chi connectivity index (χ1) is 16.4. The molecule has 1 aliphatic carbocycles. The molecule has 0 saturated carbocycles. The highest BCUT2D eigenvalue weighted by Crippen LogP contribution is 2.44. The molecule has 174 valence electrons. The number of benzene rings is 3. The average molecular weight is 460 g/mol. The van der Waals surface area contributed by atoms with E-state index in [4.69, 9.17) is 9.84 Å². The maximum atomic E-state index is 12.2. The van der Waals surface area contributed by atoms with Crippen molar-refractivity contribution in [2.24, 2.45) is 0 Å². The molecule has 0 aromatic heterocycles. The Morgan fingerprint density at radius 2 is 1.56 bits per heavy atom. The Kier molecular flexibility index (Phi) is 6.89. The van der Waals surface area contributed by atoms with Crippen LogP contribution in [0.2, 0.25) is 0 Å². The van der Waals surface area contributed by atoms with Crippen molar-refractivity contribution >= 4 is 23.7 Å². The van der Waals surface area contributed by atoms with E-state index >= 15 is 0 Å². The summed E-state index contributed by atoms with van der Waals surface area (Å²) in [6.45, 7) is -0.0182. The van der Waals surface area contributed by atoms with Crippen molar-refractivity contribution in [2.75, 3.05) is 18.5 Å². The number of aliphatic hydroxyl groups is 1. The fourth-order valence-corrected chi connectivity index (χ4v) is 4.08. The number of anilines is 1. The summed E-state index contributed by atoms with van der Waals surface area (Å²) in [6, 6.07) is 21.8. The summed E-state index contributed by atoms with van der Waals surface area (Å²) in [5.74, 6) is -1.69. The average Bonchev–Trinajstić information content (AvgIpc) is 3.15. The third-order valence-electron chi connectivity index (χ3n) is 5.64. The topological polar surface area (TPSA) is 125 Å². The van der Waals surface area contributed by atoms with Gasteiger partial charge in [0.05, 0.1) is 18.1 Å². The van der Waals surface area contributed by atoms with Crippen molar-refractivity contribution in [1.82, 2.24) is 5.32 Å². The van der Waals surface area contributed by atoms with Crippen LogP contribution in [0.25, 0.3) is 11.1 Å². The van der Waals surface area contributed by atoms with Crippen LogP contribution >= 0.6 is 0 Å². The van der Waals surface area contributed by atoms with E-state index < -0.39 is 24.1 Å². The summed E-state index contributed by atoms with van der Waals surface area (Å²) in [4.78, 5) is 35.3. The third kappa shape index (κ3) is 5.24. The van der Waals surface area contributed by atoms with E-state index in [9.17, 15) is 19.5 Å². The maximum Gasteiger partial charge on any atom is 0.407 e. The van der Waals surface area contributed by atoms with E-state index in [-0.39, 0.29) is 31.1 Å². The number of ether oxygens (including phenoxy) is 1. The van der Waals surface area contributed by atoms with Gasteiger partial charge in [-0.3, -0.25) is 4.79 Å². The molecule has 0 saturated heterocycles. The lowest BCUT2D eigenvalue weighted by Gasteiger charge is -2.16. The number of hydrogen-bond acceptors (Lipinski definition) is 5. The van der Waals surface area contributed by atoms with Gasteiger partial charge in [-0.2, -0.15) is 0 Å². The molecule has 4 rings (SSSR count). The Balaban J connectivity index is 1.25. The molecule has 0 fully saturated rings. The summed E-state index contributed by atoms with van der Waals surface area (Å²) in [7, 11) is 0. The number of carboxylic acids is 1. The van der Waals surface area contributed by atoms with Gasteiger partial charge in [0.25, 0.3) is 0 Å². The number of fused-ring (bicyclic) bond motifs is 3. The summed E-state index contributed by atoms with van der Waals surface area (Å²) in [6.07, 6.45) is -2.10. The van der Waals surface area contributed by atoms with Crippen LogP contribution in [0.5, 0.6) is 0 Å². The third-order valence-corrected chi connectivity index (χ3v) is 5.64. The second-order valence-corrected chi connectivity index (χ2v) is 8.00. The summed E-state index contributed by atoms with van der Waals surface area (Å²) >= 11 is 0. The van der Waals surface area contributed by atoms with E-state index in [1.165, 1.54) is 18.2 Å². The van der Waals surface area contributed by atoms with Crippen molar-refractivity contribution in [3.8, 4) is 11.1 Å². The zero-order valence-corrected chi connectivity index (χ0v) is 18.2. The number of aromatic carboxylic acids is 1. The lowest BCUT2D eigenvalue weighted by atomic mass is 9.98. The molecule has 1 aliphatic rings. The first-order valence-electron chi connectivity index (χ1n) is 10.8. The number of alkyl carbamates (subject to hydrolysis) is 1. The number of carbonyl (C=O) groups excluding carboxylic acids is 2. The Morgan fingerprint density at radius 1 is 0.912 bits per heavy atom. The van der Waals surface area contributed by atoms with Crippen molar-refractivity contribution in [2.45, 2.75) is 18.4 Å². The van der Waals surface area contributed by atoms with E-state index in [0.29, 0.717) is 5.69 Å². The van der Waals surface area contributed by atoms with Gasteiger partial charge in [0.1, 0.15) is 6.61 Å². The SMILES string of the molecule is O=C(CC(O)CNC(=O)OCC1c2ccccc2-c2ccccc21)Nc1cccc(C(=O)O)c1. The second kappa shape index (κ2) is 10.2. The molecule has 8 heteroatoms. The van der Waals surface area contributed by atoms with Gasteiger partial charge >= 0.3 is 12.1 Å². The molecular weight excluding hydrogens is 436 g/mol. The molecule has 4 N–H and O–H groups in total. The van der Waals surface area contributed by atoms with Gasteiger partial charge in [-0.05, 0) is 40.5 Å². The lowest BCUT2D eigenvalue weighted by Crippen LogP contribution is -2.35. The fourth-order valence-electron chi connectivity index (χ4n) is 4.08. The highest BCUT2D eigenvalue weighted by molar-refractivity contribution is 5.94. The standard InChI is InChI=1S/C26H24N2O6/c29-18(13-24(30)28-17-7-5-6-16(12-17)25(31)32)14-27-26(33)34-15-23-21-10-3-1-8-19(21)20-9-2-4-11-22(20)23/h1-12,18,23,29H,13-15H2,(H,27,33)(H,28,30)(H,31,32). The Hall–Kier alpha value is -4.17.